The molecule has 160 valence electrons. The zero-order chi connectivity index (χ0) is 21.3. The van der Waals surface area contributed by atoms with E-state index < -0.39 is 9.84 Å². The molecule has 0 N–H and O–H groups in total. The van der Waals surface area contributed by atoms with Crippen molar-refractivity contribution in [3.63, 3.8) is 0 Å². The van der Waals surface area contributed by atoms with Crippen LogP contribution in [-0.2, 0) is 28.1 Å². The molecule has 8 nitrogen and oxygen atoms in total. The van der Waals surface area contributed by atoms with E-state index in [0.717, 1.165) is 17.9 Å². The van der Waals surface area contributed by atoms with Crippen LogP contribution in [0, 0.1) is 5.92 Å². The van der Waals surface area contributed by atoms with Crippen molar-refractivity contribution >= 4 is 39.0 Å². The van der Waals surface area contributed by atoms with Gasteiger partial charge in [0.1, 0.15) is 5.82 Å². The Morgan fingerprint density at radius 1 is 1.30 bits per heavy atom. The number of aromatic nitrogens is 3. The van der Waals surface area contributed by atoms with Crippen LogP contribution in [0.1, 0.15) is 35.4 Å². The van der Waals surface area contributed by atoms with Gasteiger partial charge in [-0.2, -0.15) is 0 Å². The molecule has 0 saturated carbocycles. The van der Waals surface area contributed by atoms with Gasteiger partial charge in [-0.05, 0) is 30.9 Å². The van der Waals surface area contributed by atoms with Crippen LogP contribution in [0.4, 0.5) is 5.69 Å². The molecule has 0 unspecified atom stereocenters. The van der Waals surface area contributed by atoms with Gasteiger partial charge in [0, 0.05) is 37.7 Å². The van der Waals surface area contributed by atoms with Gasteiger partial charge in [-0.3, -0.25) is 9.59 Å². The average Bonchev–Trinajstić information content (AvgIpc) is 3.40. The number of rotatable bonds is 7. The van der Waals surface area contributed by atoms with Crippen LogP contribution in [-0.4, -0.2) is 58.7 Å². The molecule has 2 saturated heterocycles. The molecule has 1 amide bonds. The number of nitrogens with zero attached hydrogens (tertiary/aromatic N) is 4. The summed E-state index contributed by atoms with van der Waals surface area (Å²) in [6.07, 6.45) is 2.62. The maximum Gasteiger partial charge on any atom is 0.227 e. The SMILES string of the molecule is Cn1c(C[C@H]2CCS(=O)(=O)C2)nnc1SCC(=O)c1cccc(N2CCCC2=O)c1. The third-order valence-electron chi connectivity index (χ3n) is 5.61. The maximum absolute atomic E-state index is 12.7. The molecule has 2 aliphatic rings. The largest absolute Gasteiger partial charge is 0.312 e. The predicted octanol–water partition coefficient (Wildman–Crippen LogP) is 1.89. The molecule has 1 aromatic heterocycles. The Bertz CT molecular complexity index is 1080. The standard InChI is InChI=1S/C20H24N4O4S2/c1-23-18(10-14-7-9-30(27,28)13-14)21-22-20(23)29-12-17(25)15-4-2-5-16(11-15)24-8-3-6-19(24)26/h2,4-5,11,14H,3,6-10,12-13H2,1H3/t14-/m1/s1. The molecule has 4 rings (SSSR count). The first-order chi connectivity index (χ1) is 14.3. The van der Waals surface area contributed by atoms with Crippen molar-refractivity contribution in [2.45, 2.75) is 30.8 Å². The van der Waals surface area contributed by atoms with Crippen LogP contribution in [0.15, 0.2) is 29.4 Å². The molecule has 0 radical (unpaired) electrons. The highest BCUT2D eigenvalue weighted by Gasteiger charge is 2.29. The van der Waals surface area contributed by atoms with E-state index >= 15 is 0 Å². The first kappa shape index (κ1) is 21.0. The Morgan fingerprint density at radius 3 is 2.83 bits per heavy atom. The number of sulfone groups is 1. The molecule has 2 aromatic rings. The summed E-state index contributed by atoms with van der Waals surface area (Å²) < 4.78 is 25.1. The van der Waals surface area contributed by atoms with Crippen LogP contribution >= 0.6 is 11.8 Å². The highest BCUT2D eigenvalue weighted by molar-refractivity contribution is 7.99. The molecule has 1 aromatic carbocycles. The highest BCUT2D eigenvalue weighted by Crippen LogP contribution is 2.25. The molecular formula is C20H24N4O4S2. The first-order valence-corrected chi connectivity index (χ1v) is 12.8. The summed E-state index contributed by atoms with van der Waals surface area (Å²) in [6.45, 7) is 0.690. The molecule has 3 heterocycles. The van der Waals surface area contributed by atoms with E-state index in [2.05, 4.69) is 10.2 Å². The van der Waals surface area contributed by atoms with Crippen LogP contribution in [0.5, 0.6) is 0 Å². The summed E-state index contributed by atoms with van der Waals surface area (Å²) in [5, 5.41) is 9.00. The second-order valence-electron chi connectivity index (χ2n) is 7.84. The number of Topliss-reactive ketones (excluding diaryl/α,β-unsaturated/α-hetero) is 1. The van der Waals surface area contributed by atoms with Crippen LogP contribution in [0.3, 0.4) is 0 Å². The Labute approximate surface area is 180 Å². The Morgan fingerprint density at radius 2 is 2.13 bits per heavy atom. The molecule has 0 bridgehead atoms. The van der Waals surface area contributed by atoms with Crippen LogP contribution in [0.2, 0.25) is 0 Å². The van der Waals surface area contributed by atoms with Gasteiger partial charge in [-0.25, -0.2) is 8.42 Å². The van der Waals surface area contributed by atoms with Crippen molar-refractivity contribution in [1.82, 2.24) is 14.8 Å². The van der Waals surface area contributed by atoms with Crippen molar-refractivity contribution in [2.24, 2.45) is 13.0 Å². The number of anilines is 1. The van der Waals surface area contributed by atoms with Crippen molar-refractivity contribution in [2.75, 3.05) is 28.7 Å². The minimum absolute atomic E-state index is 0.0417. The van der Waals surface area contributed by atoms with Crippen molar-refractivity contribution in [3.8, 4) is 0 Å². The van der Waals surface area contributed by atoms with E-state index in [4.69, 9.17) is 0 Å². The fraction of sp³-hybridized carbons (Fsp3) is 0.500. The third kappa shape index (κ3) is 4.59. The third-order valence-corrected chi connectivity index (χ3v) is 8.47. The molecule has 1 atom stereocenters. The lowest BCUT2D eigenvalue weighted by molar-refractivity contribution is -0.117. The fourth-order valence-electron chi connectivity index (χ4n) is 3.92. The second kappa shape index (κ2) is 8.50. The number of hydrogen-bond acceptors (Lipinski definition) is 7. The van der Waals surface area contributed by atoms with Crippen molar-refractivity contribution < 1.29 is 18.0 Å². The number of carbonyl (C=O) groups is 2. The summed E-state index contributed by atoms with van der Waals surface area (Å²) in [6, 6.07) is 7.19. The molecule has 30 heavy (non-hydrogen) atoms. The maximum atomic E-state index is 12.7. The number of amides is 1. The van der Waals surface area contributed by atoms with E-state index in [1.165, 1.54) is 11.8 Å². The van der Waals surface area contributed by atoms with Gasteiger partial charge in [-0.15, -0.1) is 10.2 Å². The predicted molar refractivity (Wildman–Crippen MR) is 115 cm³/mol. The monoisotopic (exact) mass is 448 g/mol. The molecule has 2 aliphatic heterocycles. The number of benzene rings is 1. The number of hydrogen-bond donors (Lipinski definition) is 0. The number of thioether (sulfide) groups is 1. The van der Waals surface area contributed by atoms with Gasteiger partial charge >= 0.3 is 0 Å². The summed E-state index contributed by atoms with van der Waals surface area (Å²) in [7, 11) is -1.08. The molecule has 2 fully saturated rings. The van der Waals surface area contributed by atoms with Gasteiger partial charge < -0.3 is 9.47 Å². The average molecular weight is 449 g/mol. The fourth-order valence-corrected chi connectivity index (χ4v) is 6.61. The van der Waals surface area contributed by atoms with E-state index in [0.29, 0.717) is 36.5 Å². The Hall–Kier alpha value is -2.20. The van der Waals surface area contributed by atoms with E-state index in [1.807, 2.05) is 17.7 Å². The van der Waals surface area contributed by atoms with E-state index in [1.54, 1.807) is 23.1 Å². The topological polar surface area (TPSA) is 102 Å². The van der Waals surface area contributed by atoms with Crippen LogP contribution < -0.4 is 4.90 Å². The van der Waals surface area contributed by atoms with Gasteiger partial charge in [0.2, 0.25) is 5.91 Å². The second-order valence-corrected chi connectivity index (χ2v) is 11.0. The smallest absolute Gasteiger partial charge is 0.227 e. The molecule has 0 aliphatic carbocycles. The van der Waals surface area contributed by atoms with Gasteiger partial charge in [-0.1, -0.05) is 23.9 Å². The summed E-state index contributed by atoms with van der Waals surface area (Å²) in [5.41, 5.74) is 1.33. The summed E-state index contributed by atoms with van der Waals surface area (Å²) in [5.74, 6) is 1.52. The minimum atomic E-state index is -2.92. The lowest BCUT2D eigenvalue weighted by atomic mass is 10.1. The Kier molecular flexibility index (Phi) is 5.97. The van der Waals surface area contributed by atoms with Gasteiger partial charge in [0.15, 0.2) is 20.8 Å². The van der Waals surface area contributed by atoms with Gasteiger partial charge in [0.05, 0.1) is 17.3 Å². The normalized spacial score (nSPS) is 20.8. The summed E-state index contributed by atoms with van der Waals surface area (Å²) >= 11 is 1.31. The quantitative estimate of drug-likeness (QED) is 0.471. The highest BCUT2D eigenvalue weighted by atomic mass is 32.2. The van der Waals surface area contributed by atoms with E-state index in [-0.39, 0.29) is 34.9 Å². The van der Waals surface area contributed by atoms with Crippen molar-refractivity contribution in [3.05, 3.63) is 35.7 Å². The molecule has 0 spiro atoms. The lowest BCUT2D eigenvalue weighted by Crippen LogP contribution is -2.23. The number of carbonyl (C=O) groups excluding carboxylic acids is 2. The Balaban J connectivity index is 1.38. The van der Waals surface area contributed by atoms with Crippen molar-refractivity contribution in [1.29, 1.82) is 0 Å². The lowest BCUT2D eigenvalue weighted by Gasteiger charge is -2.16. The van der Waals surface area contributed by atoms with Crippen LogP contribution in [0.25, 0.3) is 0 Å². The number of ketones is 1. The minimum Gasteiger partial charge on any atom is -0.312 e. The molecule has 10 heteroatoms. The zero-order valence-electron chi connectivity index (χ0n) is 16.8. The summed E-state index contributed by atoms with van der Waals surface area (Å²) in [4.78, 5) is 26.4. The van der Waals surface area contributed by atoms with Gasteiger partial charge in [0.25, 0.3) is 0 Å². The first-order valence-electron chi connectivity index (χ1n) is 9.97. The zero-order valence-corrected chi connectivity index (χ0v) is 18.4. The van der Waals surface area contributed by atoms with E-state index in [9.17, 15) is 18.0 Å². The molecular weight excluding hydrogens is 424 g/mol.